The molecule has 20 heavy (non-hydrogen) atoms. The molecule has 2 aliphatic carbocycles. The Morgan fingerprint density at radius 2 is 2.10 bits per heavy atom. The molecule has 0 radical (unpaired) electrons. The number of carboxylic acid groups (broad SMARTS) is 1. The van der Waals surface area contributed by atoms with Gasteiger partial charge in [-0.15, -0.1) is 0 Å². The number of carboxylic acids is 1. The first-order chi connectivity index (χ1) is 9.48. The molecule has 5 nitrogen and oxygen atoms in total. The number of nitrogens with zero attached hydrogens (tertiary/aromatic N) is 1. The minimum absolute atomic E-state index is 0.0604. The van der Waals surface area contributed by atoms with Crippen molar-refractivity contribution in [3.8, 4) is 0 Å². The van der Waals surface area contributed by atoms with E-state index in [9.17, 15) is 14.7 Å². The van der Waals surface area contributed by atoms with Gasteiger partial charge in [-0.2, -0.15) is 0 Å². The molecule has 5 heteroatoms. The fraction of sp³-hybridized carbons (Fsp3) is 0.867. The van der Waals surface area contributed by atoms with Crippen LogP contribution >= 0.6 is 0 Å². The number of fused-ring (bicyclic) bond motifs is 2. The molecule has 2 bridgehead atoms. The molecule has 3 fully saturated rings. The standard InChI is InChI=1S/C15H24N2O3/c1-15(13(18)19)5-2-6-17(9-15)14(20)16-12-8-10-3-4-11(12)7-10/h10-12H,2-9H2,1H3,(H,16,20)(H,18,19). The summed E-state index contributed by atoms with van der Waals surface area (Å²) in [6, 6.07) is 0.258. The number of nitrogens with one attached hydrogen (secondary N) is 1. The summed E-state index contributed by atoms with van der Waals surface area (Å²) in [6.45, 7) is 2.75. The third kappa shape index (κ3) is 2.38. The molecule has 0 aromatic carbocycles. The molecule has 0 spiro atoms. The van der Waals surface area contributed by atoms with Crippen molar-refractivity contribution in [1.29, 1.82) is 0 Å². The lowest BCUT2D eigenvalue weighted by Gasteiger charge is -2.38. The van der Waals surface area contributed by atoms with E-state index in [1.807, 2.05) is 0 Å². The lowest BCUT2D eigenvalue weighted by Crippen LogP contribution is -2.53. The summed E-state index contributed by atoms with van der Waals surface area (Å²) in [4.78, 5) is 25.4. The summed E-state index contributed by atoms with van der Waals surface area (Å²) < 4.78 is 0. The summed E-state index contributed by atoms with van der Waals surface area (Å²) in [5, 5.41) is 12.5. The van der Waals surface area contributed by atoms with Gasteiger partial charge in [-0.05, 0) is 50.9 Å². The smallest absolute Gasteiger partial charge is 0.317 e. The second-order valence-corrected chi connectivity index (χ2v) is 7.12. The van der Waals surface area contributed by atoms with Crippen LogP contribution in [0.15, 0.2) is 0 Å². The van der Waals surface area contributed by atoms with Crippen LogP contribution in [0.25, 0.3) is 0 Å². The molecular formula is C15H24N2O3. The average molecular weight is 280 g/mol. The first kappa shape index (κ1) is 13.7. The van der Waals surface area contributed by atoms with Gasteiger partial charge in [0.05, 0.1) is 5.41 Å². The minimum Gasteiger partial charge on any atom is -0.481 e. The molecule has 3 rings (SSSR count). The van der Waals surface area contributed by atoms with E-state index in [4.69, 9.17) is 0 Å². The van der Waals surface area contributed by atoms with Crippen molar-refractivity contribution in [2.75, 3.05) is 13.1 Å². The largest absolute Gasteiger partial charge is 0.481 e. The molecule has 0 aromatic rings. The molecule has 4 atom stereocenters. The van der Waals surface area contributed by atoms with E-state index < -0.39 is 11.4 Å². The Bertz CT molecular complexity index is 425. The number of carbonyl (C=O) groups is 2. The Kier molecular flexibility index (Phi) is 3.38. The van der Waals surface area contributed by atoms with Crippen LogP contribution in [0.3, 0.4) is 0 Å². The van der Waals surface area contributed by atoms with Gasteiger partial charge in [-0.3, -0.25) is 4.79 Å². The SMILES string of the molecule is CC1(C(=O)O)CCCN(C(=O)NC2CC3CCC2C3)C1. The van der Waals surface area contributed by atoms with E-state index >= 15 is 0 Å². The van der Waals surface area contributed by atoms with Crippen molar-refractivity contribution in [1.82, 2.24) is 10.2 Å². The zero-order valence-electron chi connectivity index (χ0n) is 12.1. The highest BCUT2D eigenvalue weighted by Gasteiger charge is 2.43. The second kappa shape index (κ2) is 4.93. The van der Waals surface area contributed by atoms with E-state index in [1.54, 1.807) is 11.8 Å². The van der Waals surface area contributed by atoms with E-state index in [2.05, 4.69) is 5.32 Å². The van der Waals surface area contributed by atoms with Gasteiger partial charge in [-0.25, -0.2) is 4.79 Å². The molecule has 2 saturated carbocycles. The quantitative estimate of drug-likeness (QED) is 0.813. The van der Waals surface area contributed by atoms with Crippen LogP contribution in [-0.2, 0) is 4.79 Å². The Labute approximate surface area is 119 Å². The number of rotatable bonds is 2. The Morgan fingerprint density at radius 3 is 2.70 bits per heavy atom. The van der Waals surface area contributed by atoms with Gasteiger partial charge in [0, 0.05) is 19.1 Å². The zero-order chi connectivity index (χ0) is 14.3. The number of likely N-dealkylation sites (tertiary alicyclic amines) is 1. The van der Waals surface area contributed by atoms with Crippen molar-refractivity contribution in [3.05, 3.63) is 0 Å². The number of amides is 2. The maximum Gasteiger partial charge on any atom is 0.317 e. The topological polar surface area (TPSA) is 69.6 Å². The number of piperidine rings is 1. The van der Waals surface area contributed by atoms with Crippen LogP contribution in [0.5, 0.6) is 0 Å². The van der Waals surface area contributed by atoms with Crippen molar-refractivity contribution >= 4 is 12.0 Å². The van der Waals surface area contributed by atoms with E-state index in [0.29, 0.717) is 31.5 Å². The van der Waals surface area contributed by atoms with Gasteiger partial charge in [0.25, 0.3) is 0 Å². The maximum absolute atomic E-state index is 12.4. The number of hydrogen-bond donors (Lipinski definition) is 2. The lowest BCUT2D eigenvalue weighted by molar-refractivity contribution is -0.150. The number of hydrogen-bond acceptors (Lipinski definition) is 2. The van der Waals surface area contributed by atoms with Gasteiger partial charge in [0.2, 0.25) is 0 Å². The Morgan fingerprint density at radius 1 is 1.30 bits per heavy atom. The molecular weight excluding hydrogens is 256 g/mol. The molecule has 2 N–H and O–H groups in total. The number of carbonyl (C=O) groups excluding carboxylic acids is 1. The number of urea groups is 1. The lowest BCUT2D eigenvalue weighted by atomic mass is 9.82. The number of aliphatic carboxylic acids is 1. The van der Waals surface area contributed by atoms with Crippen LogP contribution in [0, 0.1) is 17.3 Å². The van der Waals surface area contributed by atoms with Crippen molar-refractivity contribution in [2.45, 2.75) is 51.5 Å². The van der Waals surface area contributed by atoms with Crippen LogP contribution in [0.1, 0.15) is 45.4 Å². The van der Waals surface area contributed by atoms with Gasteiger partial charge in [0.15, 0.2) is 0 Å². The highest BCUT2D eigenvalue weighted by Crippen LogP contribution is 2.44. The fourth-order valence-electron chi connectivity index (χ4n) is 4.26. The van der Waals surface area contributed by atoms with Gasteiger partial charge in [-0.1, -0.05) is 6.42 Å². The first-order valence-electron chi connectivity index (χ1n) is 7.77. The predicted molar refractivity (Wildman–Crippen MR) is 74.3 cm³/mol. The molecule has 0 aromatic heterocycles. The molecule has 1 aliphatic heterocycles. The molecule has 1 heterocycles. The van der Waals surface area contributed by atoms with Gasteiger partial charge >= 0.3 is 12.0 Å². The second-order valence-electron chi connectivity index (χ2n) is 7.12. The van der Waals surface area contributed by atoms with Crippen molar-refractivity contribution in [3.63, 3.8) is 0 Å². The summed E-state index contributed by atoms with van der Waals surface area (Å²) >= 11 is 0. The third-order valence-corrected chi connectivity index (χ3v) is 5.55. The van der Waals surface area contributed by atoms with Crippen LogP contribution < -0.4 is 5.32 Å². The van der Waals surface area contributed by atoms with Crippen LogP contribution in [0.2, 0.25) is 0 Å². The predicted octanol–water partition coefficient (Wildman–Crippen LogP) is 2.07. The maximum atomic E-state index is 12.4. The Hall–Kier alpha value is -1.26. The summed E-state index contributed by atoms with van der Waals surface area (Å²) in [5.41, 5.74) is -0.787. The fourth-order valence-corrected chi connectivity index (χ4v) is 4.26. The third-order valence-electron chi connectivity index (χ3n) is 5.55. The van der Waals surface area contributed by atoms with E-state index in [1.165, 1.54) is 19.3 Å². The zero-order valence-corrected chi connectivity index (χ0v) is 12.1. The Balaban J connectivity index is 1.58. The van der Waals surface area contributed by atoms with E-state index in [0.717, 1.165) is 18.8 Å². The monoisotopic (exact) mass is 280 g/mol. The summed E-state index contributed by atoms with van der Waals surface area (Å²) in [6.07, 6.45) is 6.35. The average Bonchev–Trinajstić information content (AvgIpc) is 3.01. The van der Waals surface area contributed by atoms with Gasteiger partial charge < -0.3 is 15.3 Å². The first-order valence-corrected chi connectivity index (χ1v) is 7.77. The summed E-state index contributed by atoms with van der Waals surface area (Å²) in [5.74, 6) is 0.658. The molecule has 2 amide bonds. The molecule has 112 valence electrons. The highest BCUT2D eigenvalue weighted by molar-refractivity contribution is 5.78. The van der Waals surface area contributed by atoms with Gasteiger partial charge in [0.1, 0.15) is 0 Å². The highest BCUT2D eigenvalue weighted by atomic mass is 16.4. The van der Waals surface area contributed by atoms with Crippen molar-refractivity contribution < 1.29 is 14.7 Å². The minimum atomic E-state index is -0.796. The molecule has 1 saturated heterocycles. The van der Waals surface area contributed by atoms with Crippen LogP contribution in [-0.4, -0.2) is 41.1 Å². The molecule has 3 aliphatic rings. The summed E-state index contributed by atoms with van der Waals surface area (Å²) in [7, 11) is 0. The van der Waals surface area contributed by atoms with Crippen LogP contribution in [0.4, 0.5) is 4.79 Å². The van der Waals surface area contributed by atoms with E-state index in [-0.39, 0.29) is 6.03 Å². The molecule has 4 unspecified atom stereocenters. The van der Waals surface area contributed by atoms with Crippen molar-refractivity contribution in [2.24, 2.45) is 17.3 Å². The normalized spacial score (nSPS) is 39.9.